The van der Waals surface area contributed by atoms with Crippen LogP contribution in [0.3, 0.4) is 0 Å². The molecule has 1 aliphatic heterocycles. The van der Waals surface area contributed by atoms with Gasteiger partial charge in [-0.2, -0.15) is 0 Å². The molecule has 0 amide bonds. The third-order valence-electron chi connectivity index (χ3n) is 8.24. The van der Waals surface area contributed by atoms with E-state index in [1.165, 1.54) is 11.1 Å². The molecule has 0 aliphatic carbocycles. The van der Waals surface area contributed by atoms with Crippen LogP contribution in [0.1, 0.15) is 66.5 Å². The summed E-state index contributed by atoms with van der Waals surface area (Å²) in [5.74, 6) is -0.354. The summed E-state index contributed by atoms with van der Waals surface area (Å²) in [6.07, 6.45) is 4.61. The number of ether oxygens (including phenoxy) is 1. The molecule has 0 radical (unpaired) electrons. The third kappa shape index (κ3) is 5.01. The monoisotopic (exact) mass is 527 g/mol. The van der Waals surface area contributed by atoms with E-state index in [4.69, 9.17) is 4.74 Å². The first-order valence-corrected chi connectivity index (χ1v) is 13.5. The fourth-order valence-electron chi connectivity index (χ4n) is 5.74. The highest BCUT2D eigenvalue weighted by molar-refractivity contribution is 5.81. The lowest BCUT2D eigenvalue weighted by Gasteiger charge is -2.33. The summed E-state index contributed by atoms with van der Waals surface area (Å²) in [4.78, 5) is 19.3. The molecule has 2 aromatic heterocycles. The molecule has 1 unspecified atom stereocenters. The first-order valence-electron chi connectivity index (χ1n) is 13.5. The van der Waals surface area contributed by atoms with Gasteiger partial charge in [0, 0.05) is 44.4 Å². The molecule has 1 N–H and O–H groups in total. The van der Waals surface area contributed by atoms with Gasteiger partial charge >= 0.3 is 5.97 Å². The number of fused-ring (bicyclic) bond motifs is 2. The van der Waals surface area contributed by atoms with Gasteiger partial charge in [0.05, 0.1) is 17.1 Å². The Balaban J connectivity index is 1.56. The zero-order valence-corrected chi connectivity index (χ0v) is 23.6. The third-order valence-corrected chi connectivity index (χ3v) is 8.24. The number of aromatic nitrogens is 4. The quantitative estimate of drug-likeness (QED) is 0.344. The fourth-order valence-corrected chi connectivity index (χ4v) is 5.74. The molecule has 0 saturated carbocycles. The van der Waals surface area contributed by atoms with Crippen LogP contribution < -0.4 is 4.74 Å². The summed E-state index contributed by atoms with van der Waals surface area (Å²) in [7, 11) is 1.87. The van der Waals surface area contributed by atoms with Crippen LogP contribution in [-0.2, 0) is 24.9 Å². The molecule has 2 atom stereocenters. The van der Waals surface area contributed by atoms with E-state index in [-0.39, 0.29) is 12.0 Å². The molecule has 204 valence electrons. The maximum atomic E-state index is 12.6. The first-order chi connectivity index (χ1) is 18.6. The Kier molecular flexibility index (Phi) is 7.16. The number of pyridine rings is 1. The van der Waals surface area contributed by atoms with E-state index in [0.717, 1.165) is 65.1 Å². The Hall–Kier alpha value is -3.78. The molecule has 0 spiro atoms. The van der Waals surface area contributed by atoms with Gasteiger partial charge < -0.3 is 9.84 Å². The van der Waals surface area contributed by atoms with E-state index in [0.29, 0.717) is 0 Å². The van der Waals surface area contributed by atoms with Gasteiger partial charge in [-0.3, -0.25) is 14.7 Å². The predicted molar refractivity (Wildman–Crippen MR) is 151 cm³/mol. The average Bonchev–Trinajstić information content (AvgIpc) is 3.18. The molecule has 0 fully saturated rings. The van der Waals surface area contributed by atoms with Crippen molar-refractivity contribution in [3.8, 4) is 5.75 Å². The van der Waals surface area contributed by atoms with Crippen LogP contribution in [0.5, 0.6) is 5.75 Å². The van der Waals surface area contributed by atoms with Gasteiger partial charge in [0.15, 0.2) is 0 Å². The lowest BCUT2D eigenvalue weighted by molar-refractivity contribution is -0.147. The topological polar surface area (TPSA) is 93.4 Å². The molecule has 8 nitrogen and oxygen atoms in total. The number of hydrogen-bond donors (Lipinski definition) is 1. The van der Waals surface area contributed by atoms with Crippen molar-refractivity contribution in [3.05, 3.63) is 82.2 Å². The number of benzene rings is 2. The molecule has 4 aromatic rings. The summed E-state index contributed by atoms with van der Waals surface area (Å²) in [5.41, 5.74) is 7.08. The molecule has 3 heterocycles. The normalized spacial score (nSPS) is 16.9. The summed E-state index contributed by atoms with van der Waals surface area (Å²) < 4.78 is 8.01. The maximum Gasteiger partial charge on any atom is 0.310 e. The number of rotatable bonds is 7. The lowest BCUT2D eigenvalue weighted by Crippen LogP contribution is -2.33. The second kappa shape index (κ2) is 10.4. The molecular formula is C31H37N5O3. The van der Waals surface area contributed by atoms with E-state index in [1.54, 1.807) is 4.68 Å². The van der Waals surface area contributed by atoms with Crippen molar-refractivity contribution in [2.24, 2.45) is 12.5 Å². The fraction of sp³-hybridized carbons (Fsp3) is 0.419. The Morgan fingerprint density at radius 3 is 2.74 bits per heavy atom. The van der Waals surface area contributed by atoms with Crippen molar-refractivity contribution in [2.75, 3.05) is 6.54 Å². The van der Waals surface area contributed by atoms with Gasteiger partial charge in [-0.05, 0) is 74.1 Å². The number of carboxylic acids is 1. The van der Waals surface area contributed by atoms with E-state index in [1.807, 2.05) is 58.4 Å². The highest BCUT2D eigenvalue weighted by Crippen LogP contribution is 2.44. The molecule has 39 heavy (non-hydrogen) atoms. The van der Waals surface area contributed by atoms with Crippen molar-refractivity contribution in [1.29, 1.82) is 0 Å². The lowest BCUT2D eigenvalue weighted by atomic mass is 9.69. The van der Waals surface area contributed by atoms with Gasteiger partial charge in [0.1, 0.15) is 17.4 Å². The van der Waals surface area contributed by atoms with Gasteiger partial charge in [-0.25, -0.2) is 4.68 Å². The van der Waals surface area contributed by atoms with E-state index >= 15 is 0 Å². The highest BCUT2D eigenvalue weighted by Gasteiger charge is 2.40. The Morgan fingerprint density at radius 1 is 1.21 bits per heavy atom. The number of nitrogens with zero attached hydrogens (tertiary/aromatic N) is 5. The summed E-state index contributed by atoms with van der Waals surface area (Å²) in [5, 5.41) is 18.9. The standard InChI is InChI=1S/C31H37N5O3/c1-7-24-18-36(16-22-12-13-32-15-27(22)39-24)17-23-14-21(9-8-19(23)2)28(31(4,5)30(37)38)25-10-11-26-29(20(25)3)33-34-35(26)6/h8-15,24,28H,7,16-18H2,1-6H3,(H,37,38)/t24-,28?/m1/s1. The Morgan fingerprint density at radius 2 is 2.00 bits per heavy atom. The number of hydrogen-bond acceptors (Lipinski definition) is 6. The smallest absolute Gasteiger partial charge is 0.310 e. The summed E-state index contributed by atoms with van der Waals surface area (Å²) in [6.45, 7) is 12.2. The largest absolute Gasteiger partial charge is 0.487 e. The molecule has 8 heteroatoms. The van der Waals surface area contributed by atoms with Crippen LogP contribution in [0.15, 0.2) is 48.8 Å². The Labute approximate surface area is 229 Å². The van der Waals surface area contributed by atoms with E-state index in [9.17, 15) is 9.90 Å². The van der Waals surface area contributed by atoms with Crippen molar-refractivity contribution < 1.29 is 14.6 Å². The maximum absolute atomic E-state index is 12.6. The molecule has 1 aliphatic rings. The molecule has 0 bridgehead atoms. The summed E-state index contributed by atoms with van der Waals surface area (Å²) in [6, 6.07) is 12.5. The Bertz CT molecular complexity index is 1530. The number of carboxylic acid groups (broad SMARTS) is 1. The van der Waals surface area contributed by atoms with Gasteiger partial charge in [0.2, 0.25) is 0 Å². The van der Waals surface area contributed by atoms with Crippen LogP contribution in [0.25, 0.3) is 11.0 Å². The van der Waals surface area contributed by atoms with Crippen molar-refractivity contribution in [1.82, 2.24) is 24.9 Å². The minimum atomic E-state index is -1.05. The highest BCUT2D eigenvalue weighted by atomic mass is 16.5. The van der Waals surface area contributed by atoms with Crippen molar-refractivity contribution in [3.63, 3.8) is 0 Å². The molecule has 2 aromatic carbocycles. The van der Waals surface area contributed by atoms with Crippen molar-refractivity contribution in [2.45, 2.75) is 66.2 Å². The second-order valence-electron chi connectivity index (χ2n) is 11.3. The zero-order valence-electron chi connectivity index (χ0n) is 23.6. The minimum Gasteiger partial charge on any atom is -0.487 e. The average molecular weight is 528 g/mol. The number of aliphatic carboxylic acids is 1. The van der Waals surface area contributed by atoms with Crippen LogP contribution in [-0.4, -0.2) is 48.6 Å². The van der Waals surface area contributed by atoms with E-state index < -0.39 is 11.4 Å². The molecule has 5 rings (SSSR count). The van der Waals surface area contributed by atoms with Gasteiger partial charge in [0.25, 0.3) is 0 Å². The van der Waals surface area contributed by atoms with Crippen LogP contribution in [0, 0.1) is 19.3 Å². The van der Waals surface area contributed by atoms with Crippen LogP contribution in [0.2, 0.25) is 0 Å². The van der Waals surface area contributed by atoms with Crippen LogP contribution in [0.4, 0.5) is 0 Å². The SMILES string of the molecule is CC[C@@H]1CN(Cc2cc(C(c3ccc4c(nnn4C)c3C)C(C)(C)C(=O)O)ccc2C)Cc2ccncc2O1. The first kappa shape index (κ1) is 26.8. The van der Waals surface area contributed by atoms with Gasteiger partial charge in [-0.1, -0.05) is 36.4 Å². The second-order valence-corrected chi connectivity index (χ2v) is 11.3. The van der Waals surface area contributed by atoms with E-state index in [2.05, 4.69) is 52.2 Å². The van der Waals surface area contributed by atoms with Crippen molar-refractivity contribution >= 4 is 17.0 Å². The predicted octanol–water partition coefficient (Wildman–Crippen LogP) is 5.40. The summed E-state index contributed by atoms with van der Waals surface area (Å²) >= 11 is 0. The minimum absolute atomic E-state index is 0.0824. The molecular weight excluding hydrogens is 490 g/mol. The zero-order chi connectivity index (χ0) is 27.9. The van der Waals surface area contributed by atoms with Gasteiger partial charge in [-0.15, -0.1) is 5.10 Å². The molecule has 0 saturated heterocycles. The van der Waals surface area contributed by atoms with Crippen LogP contribution >= 0.6 is 0 Å². The number of carbonyl (C=O) groups is 1. The number of aryl methyl sites for hydroxylation is 3.